The molecule has 13 nitrogen and oxygen atoms in total. The highest BCUT2D eigenvalue weighted by atomic mass is 16.6. The van der Waals surface area contributed by atoms with Crippen LogP contribution in [0.15, 0.2) is 5.28 Å². The van der Waals surface area contributed by atoms with Crippen molar-refractivity contribution in [3.63, 3.8) is 0 Å². The number of hydrazine groups is 1. The Hall–Kier alpha value is -1.93. The van der Waals surface area contributed by atoms with Crippen LogP contribution < -0.4 is 11.1 Å². The molecular formula is C15H34N6O7. The molecule has 0 heterocycles. The third-order valence-electron chi connectivity index (χ3n) is 3.56. The fourth-order valence-electron chi connectivity index (χ4n) is 2.07. The molecule has 1 atom stereocenters. The number of alkyl carbamates (subject to hydrolysis) is 1. The molecule has 0 fully saturated rings. The van der Waals surface area contributed by atoms with Crippen molar-refractivity contribution in [3.8, 4) is 0 Å². The Balaban J connectivity index is 3.84. The van der Waals surface area contributed by atoms with E-state index in [-0.39, 0.29) is 37.5 Å². The maximum absolute atomic E-state index is 11.6. The van der Waals surface area contributed by atoms with Gasteiger partial charge in [-0.15, -0.1) is 5.01 Å². The standard InChI is InChI=1S/C15H34N6O7/c1-14(27-10-9-22)13-26-11-12-28-15(23)17-4-6-20(5-3-16)8-7-19(2)21(25)18-24/h14,22,24H,3-13,16H2,1-2H3,(H,17,23)/b21-18-. The fraction of sp³-hybridized carbons (Fsp3) is 0.933. The summed E-state index contributed by atoms with van der Waals surface area (Å²) in [5.74, 6) is 0. The van der Waals surface area contributed by atoms with Crippen molar-refractivity contribution >= 4 is 6.09 Å². The number of likely N-dealkylation sites (N-methyl/N-ethyl adjacent to an activating group) is 1. The summed E-state index contributed by atoms with van der Waals surface area (Å²) in [5, 5.41) is 34.5. The maximum atomic E-state index is 11.6. The predicted molar refractivity (Wildman–Crippen MR) is 98.6 cm³/mol. The quantitative estimate of drug-likeness (QED) is 0.0967. The van der Waals surface area contributed by atoms with E-state index in [1.165, 1.54) is 12.1 Å². The van der Waals surface area contributed by atoms with Crippen LogP contribution in [0.4, 0.5) is 4.79 Å². The van der Waals surface area contributed by atoms with E-state index in [2.05, 4.69) is 10.6 Å². The molecule has 0 radical (unpaired) electrons. The van der Waals surface area contributed by atoms with Crippen LogP contribution in [0.25, 0.3) is 0 Å². The van der Waals surface area contributed by atoms with E-state index in [1.54, 1.807) is 0 Å². The number of amides is 1. The second kappa shape index (κ2) is 17.2. The number of hydrogen-bond donors (Lipinski definition) is 4. The molecule has 0 rings (SSSR count). The number of hydrogen-bond acceptors (Lipinski definition) is 9. The van der Waals surface area contributed by atoms with Crippen molar-refractivity contribution in [3.05, 3.63) is 5.21 Å². The molecule has 0 aromatic rings. The molecule has 0 aliphatic rings. The smallest absolute Gasteiger partial charge is 0.407 e. The van der Waals surface area contributed by atoms with Crippen molar-refractivity contribution < 1.29 is 34.3 Å². The number of aliphatic hydroxyl groups excluding tert-OH is 1. The summed E-state index contributed by atoms with van der Waals surface area (Å²) in [6.45, 7) is 5.45. The van der Waals surface area contributed by atoms with E-state index < -0.39 is 6.09 Å². The molecule has 1 unspecified atom stereocenters. The minimum atomic E-state index is -0.553. The van der Waals surface area contributed by atoms with Crippen LogP contribution in [0.1, 0.15) is 6.92 Å². The number of nitrogens with one attached hydrogen (secondary N) is 1. The van der Waals surface area contributed by atoms with Crippen molar-refractivity contribution in [2.45, 2.75) is 13.0 Å². The number of ether oxygens (including phenoxy) is 3. The third kappa shape index (κ3) is 14.2. The van der Waals surface area contributed by atoms with Gasteiger partial charge >= 0.3 is 6.09 Å². The lowest BCUT2D eigenvalue weighted by Crippen LogP contribution is -2.42. The SMILES string of the molecule is CC(COCCOC(=O)NCCN(CCN)CCN(C)/[N+]([O-])=N/O)OCCO. The topological polar surface area (TPSA) is 168 Å². The zero-order valence-corrected chi connectivity index (χ0v) is 16.7. The fourth-order valence-corrected chi connectivity index (χ4v) is 2.07. The van der Waals surface area contributed by atoms with Crippen molar-refractivity contribution in [2.75, 3.05) is 79.4 Å². The van der Waals surface area contributed by atoms with Gasteiger partial charge in [0.1, 0.15) is 6.61 Å². The second-order valence-electron chi connectivity index (χ2n) is 5.90. The number of nitrogens with zero attached hydrogens (tertiary/aromatic N) is 4. The number of carbonyl (C=O) groups is 1. The zero-order chi connectivity index (χ0) is 21.2. The summed E-state index contributed by atoms with van der Waals surface area (Å²) in [4.78, 5) is 13.7. The minimum Gasteiger partial charge on any atom is -0.569 e. The van der Waals surface area contributed by atoms with Gasteiger partial charge in [-0.1, -0.05) is 0 Å². The summed E-state index contributed by atoms with van der Waals surface area (Å²) in [6.07, 6.45) is -0.698. The van der Waals surface area contributed by atoms with Crippen molar-refractivity contribution in [2.24, 2.45) is 11.0 Å². The number of nitrogens with two attached hydrogens (primary N) is 1. The number of carbonyl (C=O) groups excluding carboxylic acids is 1. The van der Waals surface area contributed by atoms with Crippen LogP contribution in [-0.4, -0.2) is 117 Å². The number of aliphatic hydroxyl groups is 1. The summed E-state index contributed by atoms with van der Waals surface area (Å²) < 4.78 is 15.5. The lowest BCUT2D eigenvalue weighted by molar-refractivity contribution is -0.703. The second-order valence-corrected chi connectivity index (χ2v) is 5.90. The lowest BCUT2D eigenvalue weighted by Gasteiger charge is -2.23. The van der Waals surface area contributed by atoms with Gasteiger partial charge in [0.25, 0.3) is 0 Å². The van der Waals surface area contributed by atoms with Gasteiger partial charge in [-0.25, -0.2) is 4.79 Å². The first-order chi connectivity index (χ1) is 13.4. The molecule has 0 saturated heterocycles. The minimum absolute atomic E-state index is 0.0391. The Labute approximate surface area is 165 Å². The van der Waals surface area contributed by atoms with E-state index in [1.807, 2.05) is 11.8 Å². The Bertz CT molecular complexity index is 430. The summed E-state index contributed by atoms with van der Waals surface area (Å²) in [5.41, 5.74) is 5.56. The Morgan fingerprint density at radius 3 is 2.68 bits per heavy atom. The molecule has 13 heteroatoms. The van der Waals surface area contributed by atoms with Gasteiger partial charge in [0.15, 0.2) is 0 Å². The molecule has 0 spiro atoms. The Morgan fingerprint density at radius 2 is 2.04 bits per heavy atom. The van der Waals surface area contributed by atoms with Gasteiger partial charge < -0.3 is 40.8 Å². The molecular weight excluding hydrogens is 376 g/mol. The van der Waals surface area contributed by atoms with Gasteiger partial charge in [-0.3, -0.25) is 4.90 Å². The van der Waals surface area contributed by atoms with E-state index in [0.29, 0.717) is 45.9 Å². The summed E-state index contributed by atoms with van der Waals surface area (Å²) >= 11 is 0. The number of rotatable bonds is 17. The van der Waals surface area contributed by atoms with Crippen molar-refractivity contribution in [1.82, 2.24) is 15.2 Å². The monoisotopic (exact) mass is 410 g/mol. The molecule has 0 saturated carbocycles. The Morgan fingerprint density at radius 1 is 1.29 bits per heavy atom. The first-order valence-corrected chi connectivity index (χ1v) is 9.11. The van der Waals surface area contributed by atoms with Gasteiger partial charge in [0.05, 0.1) is 51.1 Å². The molecule has 28 heavy (non-hydrogen) atoms. The van der Waals surface area contributed by atoms with Crippen LogP contribution in [0.3, 0.4) is 0 Å². The summed E-state index contributed by atoms with van der Waals surface area (Å²) in [6, 6.07) is 0. The van der Waals surface area contributed by atoms with Crippen LogP contribution in [0.5, 0.6) is 0 Å². The van der Waals surface area contributed by atoms with E-state index in [0.717, 1.165) is 0 Å². The van der Waals surface area contributed by atoms with Crippen LogP contribution >= 0.6 is 0 Å². The lowest BCUT2D eigenvalue weighted by atomic mass is 10.4. The molecule has 0 aromatic heterocycles. The largest absolute Gasteiger partial charge is 0.569 e. The maximum Gasteiger partial charge on any atom is 0.407 e. The third-order valence-corrected chi connectivity index (χ3v) is 3.56. The van der Waals surface area contributed by atoms with Gasteiger partial charge in [0.2, 0.25) is 5.28 Å². The first kappa shape index (κ1) is 26.1. The first-order valence-electron chi connectivity index (χ1n) is 9.11. The van der Waals surface area contributed by atoms with Crippen LogP contribution in [0, 0.1) is 5.21 Å². The average Bonchev–Trinajstić information content (AvgIpc) is 2.69. The van der Waals surface area contributed by atoms with Gasteiger partial charge in [0, 0.05) is 32.7 Å². The molecule has 0 bridgehead atoms. The van der Waals surface area contributed by atoms with E-state index in [9.17, 15) is 10.0 Å². The zero-order valence-electron chi connectivity index (χ0n) is 16.7. The predicted octanol–water partition coefficient (Wildman–Crippen LogP) is -1.41. The molecule has 5 N–H and O–H groups in total. The molecule has 0 aliphatic carbocycles. The Kier molecular flexibility index (Phi) is 16.0. The highest BCUT2D eigenvalue weighted by Gasteiger charge is 2.11. The van der Waals surface area contributed by atoms with E-state index >= 15 is 0 Å². The molecule has 0 aliphatic heterocycles. The highest BCUT2D eigenvalue weighted by molar-refractivity contribution is 5.67. The summed E-state index contributed by atoms with van der Waals surface area (Å²) in [7, 11) is 1.49. The van der Waals surface area contributed by atoms with Crippen molar-refractivity contribution in [1.29, 1.82) is 0 Å². The highest BCUT2D eigenvalue weighted by Crippen LogP contribution is 1.93. The van der Waals surface area contributed by atoms with E-state index in [4.69, 9.17) is 30.3 Å². The average molecular weight is 410 g/mol. The van der Waals surface area contributed by atoms with Crippen LogP contribution in [-0.2, 0) is 14.2 Å². The van der Waals surface area contributed by atoms with Gasteiger partial charge in [-0.05, 0) is 6.92 Å². The molecule has 166 valence electrons. The molecule has 0 aromatic carbocycles. The normalized spacial score (nSPS) is 12.8. The molecule has 1 amide bonds. The van der Waals surface area contributed by atoms with Crippen LogP contribution in [0.2, 0.25) is 0 Å². The van der Waals surface area contributed by atoms with Gasteiger partial charge in [-0.2, -0.15) is 0 Å².